The lowest BCUT2D eigenvalue weighted by atomic mass is 10.0. The fraction of sp³-hybridized carbons (Fsp3) is 0.294. The molecule has 5 heteroatoms. The summed E-state index contributed by atoms with van der Waals surface area (Å²) in [7, 11) is 0. The Morgan fingerprint density at radius 2 is 2.00 bits per heavy atom. The first-order valence-electron chi connectivity index (χ1n) is 7.27. The second-order valence-electron chi connectivity index (χ2n) is 5.54. The van der Waals surface area contributed by atoms with Crippen molar-refractivity contribution in [1.29, 1.82) is 0 Å². The molecule has 2 heterocycles. The molecule has 22 heavy (non-hydrogen) atoms. The zero-order valence-corrected chi connectivity index (χ0v) is 13.1. The third-order valence-corrected chi connectivity index (χ3v) is 5.03. The molecule has 1 aliphatic rings. The van der Waals surface area contributed by atoms with Crippen molar-refractivity contribution in [2.75, 3.05) is 6.54 Å². The maximum atomic E-state index is 12.7. The van der Waals surface area contributed by atoms with Gasteiger partial charge < -0.3 is 10.0 Å². The van der Waals surface area contributed by atoms with Gasteiger partial charge in [0.2, 0.25) is 0 Å². The molecule has 2 aromatic rings. The summed E-state index contributed by atoms with van der Waals surface area (Å²) in [5, 5.41) is 8.99. The lowest BCUT2D eigenvalue weighted by Crippen LogP contribution is -2.30. The Kier molecular flexibility index (Phi) is 3.98. The first kappa shape index (κ1) is 14.8. The summed E-state index contributed by atoms with van der Waals surface area (Å²) in [5.41, 5.74) is 2.34. The number of carboxylic acid groups (broad SMARTS) is 1. The number of thiophene rings is 1. The second-order valence-corrected chi connectivity index (χ2v) is 6.62. The van der Waals surface area contributed by atoms with Gasteiger partial charge in [0, 0.05) is 6.54 Å². The average molecular weight is 315 g/mol. The minimum Gasteiger partial charge on any atom is -0.477 e. The van der Waals surface area contributed by atoms with Crippen molar-refractivity contribution in [2.45, 2.75) is 25.8 Å². The first-order valence-corrected chi connectivity index (χ1v) is 8.08. The molecule has 1 amide bonds. The van der Waals surface area contributed by atoms with E-state index < -0.39 is 5.97 Å². The summed E-state index contributed by atoms with van der Waals surface area (Å²) in [6, 6.07) is 11.4. The van der Waals surface area contributed by atoms with Gasteiger partial charge in [-0.2, -0.15) is 0 Å². The van der Waals surface area contributed by atoms with E-state index in [9.17, 15) is 9.59 Å². The molecule has 0 spiro atoms. The predicted molar refractivity (Wildman–Crippen MR) is 85.5 cm³/mol. The topological polar surface area (TPSA) is 57.6 Å². The van der Waals surface area contributed by atoms with Gasteiger partial charge in [0.25, 0.3) is 5.91 Å². The van der Waals surface area contributed by atoms with Gasteiger partial charge in [-0.25, -0.2) is 4.79 Å². The van der Waals surface area contributed by atoms with Gasteiger partial charge in [-0.15, -0.1) is 11.3 Å². The van der Waals surface area contributed by atoms with E-state index in [2.05, 4.69) is 12.1 Å². The summed E-state index contributed by atoms with van der Waals surface area (Å²) in [6.45, 7) is 2.76. The van der Waals surface area contributed by atoms with Crippen LogP contribution >= 0.6 is 11.3 Å². The lowest BCUT2D eigenvalue weighted by Gasteiger charge is -2.25. The Balaban J connectivity index is 1.86. The number of benzene rings is 1. The van der Waals surface area contributed by atoms with Crippen LogP contribution in [0.15, 0.2) is 36.4 Å². The number of rotatable bonds is 3. The maximum absolute atomic E-state index is 12.7. The molecule has 114 valence electrons. The number of carboxylic acids is 1. The molecular formula is C17H17NO3S. The highest BCUT2D eigenvalue weighted by Crippen LogP contribution is 2.34. The number of hydrogen-bond acceptors (Lipinski definition) is 3. The minimum atomic E-state index is -0.985. The van der Waals surface area contributed by atoms with Crippen LogP contribution in [0.2, 0.25) is 0 Å². The molecule has 1 aromatic carbocycles. The molecule has 1 aliphatic heterocycles. The van der Waals surface area contributed by atoms with Crippen molar-refractivity contribution in [2.24, 2.45) is 0 Å². The van der Waals surface area contributed by atoms with Crippen molar-refractivity contribution < 1.29 is 14.7 Å². The number of likely N-dealkylation sites (tertiary alicyclic amines) is 1. The van der Waals surface area contributed by atoms with Crippen molar-refractivity contribution in [3.63, 3.8) is 0 Å². The number of aryl methyl sites for hydroxylation is 1. The molecule has 0 radical (unpaired) electrons. The fourth-order valence-corrected chi connectivity index (χ4v) is 3.74. The Morgan fingerprint density at radius 1 is 1.23 bits per heavy atom. The average Bonchev–Trinajstić information content (AvgIpc) is 3.16. The van der Waals surface area contributed by atoms with Crippen LogP contribution in [0.1, 0.15) is 49.4 Å². The van der Waals surface area contributed by atoms with E-state index in [0.717, 1.165) is 36.3 Å². The van der Waals surface area contributed by atoms with Crippen LogP contribution < -0.4 is 0 Å². The van der Waals surface area contributed by atoms with Crippen LogP contribution in [0, 0.1) is 6.92 Å². The number of nitrogens with zero attached hydrogens (tertiary/aromatic N) is 1. The van der Waals surface area contributed by atoms with Crippen LogP contribution in [-0.4, -0.2) is 28.4 Å². The number of carbonyl (C=O) groups is 2. The number of hydrogen-bond donors (Lipinski definition) is 1. The second kappa shape index (κ2) is 5.93. The maximum Gasteiger partial charge on any atom is 0.345 e. The Morgan fingerprint density at radius 3 is 2.68 bits per heavy atom. The summed E-state index contributed by atoms with van der Waals surface area (Å²) >= 11 is 1.05. The SMILES string of the molecule is Cc1cccc(C2CCCN2C(=O)c2ccc(C(=O)O)s2)c1. The largest absolute Gasteiger partial charge is 0.477 e. The highest BCUT2D eigenvalue weighted by atomic mass is 32.1. The van der Waals surface area contributed by atoms with E-state index in [0.29, 0.717) is 4.88 Å². The van der Waals surface area contributed by atoms with Gasteiger partial charge in [-0.05, 0) is 37.5 Å². The van der Waals surface area contributed by atoms with E-state index in [-0.39, 0.29) is 16.8 Å². The van der Waals surface area contributed by atoms with Gasteiger partial charge in [0.05, 0.1) is 10.9 Å². The van der Waals surface area contributed by atoms with Gasteiger partial charge in [-0.1, -0.05) is 29.8 Å². The van der Waals surface area contributed by atoms with Crippen LogP contribution in [0.3, 0.4) is 0 Å². The number of aromatic carboxylic acids is 1. The van der Waals surface area contributed by atoms with E-state index in [1.807, 2.05) is 24.0 Å². The summed E-state index contributed by atoms with van der Waals surface area (Å²) in [4.78, 5) is 26.2. The Labute approximate surface area is 133 Å². The Bertz CT molecular complexity index is 722. The fourth-order valence-electron chi connectivity index (χ4n) is 2.94. The zero-order chi connectivity index (χ0) is 15.7. The molecule has 1 aromatic heterocycles. The van der Waals surface area contributed by atoms with Crippen molar-refractivity contribution in [3.8, 4) is 0 Å². The predicted octanol–water partition coefficient (Wildman–Crippen LogP) is 3.73. The summed E-state index contributed by atoms with van der Waals surface area (Å²) in [5.74, 6) is -1.05. The van der Waals surface area contributed by atoms with Crippen molar-refractivity contribution in [1.82, 2.24) is 4.90 Å². The molecule has 0 bridgehead atoms. The molecule has 0 saturated carbocycles. The monoisotopic (exact) mass is 315 g/mol. The quantitative estimate of drug-likeness (QED) is 0.939. The summed E-state index contributed by atoms with van der Waals surface area (Å²) < 4.78 is 0. The van der Waals surface area contributed by atoms with Crippen molar-refractivity contribution >= 4 is 23.2 Å². The van der Waals surface area contributed by atoms with Gasteiger partial charge in [0.15, 0.2) is 0 Å². The Hall–Kier alpha value is -2.14. The summed E-state index contributed by atoms with van der Waals surface area (Å²) in [6.07, 6.45) is 1.92. The molecule has 1 fully saturated rings. The lowest BCUT2D eigenvalue weighted by molar-refractivity contribution is 0.0701. The number of carbonyl (C=O) groups excluding carboxylic acids is 1. The first-order chi connectivity index (χ1) is 10.6. The van der Waals surface area contributed by atoms with Gasteiger partial charge >= 0.3 is 5.97 Å². The standard InChI is InChI=1S/C17H17NO3S/c1-11-4-2-5-12(10-11)13-6-3-9-18(13)16(19)14-7-8-15(22-14)17(20)21/h2,4-5,7-8,10,13H,3,6,9H2,1H3,(H,20,21). The normalized spacial score (nSPS) is 17.7. The highest BCUT2D eigenvalue weighted by molar-refractivity contribution is 7.15. The molecule has 1 N–H and O–H groups in total. The molecule has 4 nitrogen and oxygen atoms in total. The molecule has 3 rings (SSSR count). The van der Waals surface area contributed by atoms with Crippen LogP contribution in [0.4, 0.5) is 0 Å². The van der Waals surface area contributed by atoms with Crippen LogP contribution in [0.25, 0.3) is 0 Å². The van der Waals surface area contributed by atoms with Crippen LogP contribution in [-0.2, 0) is 0 Å². The van der Waals surface area contributed by atoms with E-state index in [1.165, 1.54) is 11.6 Å². The zero-order valence-electron chi connectivity index (χ0n) is 12.3. The molecule has 0 aliphatic carbocycles. The number of amides is 1. The van der Waals surface area contributed by atoms with Gasteiger partial charge in [-0.3, -0.25) is 4.79 Å². The van der Waals surface area contributed by atoms with E-state index >= 15 is 0 Å². The van der Waals surface area contributed by atoms with Crippen LogP contribution in [0.5, 0.6) is 0 Å². The third kappa shape index (κ3) is 2.76. The van der Waals surface area contributed by atoms with E-state index in [1.54, 1.807) is 6.07 Å². The smallest absolute Gasteiger partial charge is 0.345 e. The van der Waals surface area contributed by atoms with E-state index in [4.69, 9.17) is 5.11 Å². The van der Waals surface area contributed by atoms with Gasteiger partial charge in [0.1, 0.15) is 4.88 Å². The molecule has 1 unspecified atom stereocenters. The minimum absolute atomic E-state index is 0.0680. The molecule has 1 saturated heterocycles. The highest BCUT2D eigenvalue weighted by Gasteiger charge is 2.31. The third-order valence-electron chi connectivity index (χ3n) is 3.97. The molecular weight excluding hydrogens is 298 g/mol. The van der Waals surface area contributed by atoms with Crippen molar-refractivity contribution in [3.05, 3.63) is 57.3 Å². The molecule has 1 atom stereocenters.